The monoisotopic (exact) mass is 323 g/mol. The predicted molar refractivity (Wildman–Crippen MR) is 93.9 cm³/mol. The average molecular weight is 323 g/mol. The van der Waals surface area contributed by atoms with E-state index in [9.17, 15) is 9.59 Å². The minimum atomic E-state index is -0.587. The minimum absolute atomic E-state index is 0.00879. The topological polar surface area (TPSA) is 62.3 Å². The van der Waals surface area contributed by atoms with Crippen LogP contribution in [0.3, 0.4) is 0 Å². The molecule has 0 aliphatic carbocycles. The molecule has 124 valence electrons. The molecule has 0 fully saturated rings. The van der Waals surface area contributed by atoms with Gasteiger partial charge in [-0.2, -0.15) is 0 Å². The molecule has 1 aliphatic heterocycles. The van der Waals surface area contributed by atoms with Crippen LogP contribution in [0.15, 0.2) is 42.7 Å². The lowest BCUT2D eigenvalue weighted by Crippen LogP contribution is -2.45. The number of hydrogen-bond donors (Lipinski definition) is 1. The summed E-state index contributed by atoms with van der Waals surface area (Å²) in [5.41, 5.74) is 3.56. The number of hydrogen-bond acceptors (Lipinski definition) is 3. The second-order valence-electron chi connectivity index (χ2n) is 6.10. The van der Waals surface area contributed by atoms with Crippen LogP contribution >= 0.6 is 0 Å². The van der Waals surface area contributed by atoms with Crippen molar-refractivity contribution < 1.29 is 9.59 Å². The molecule has 1 N–H and O–H groups in total. The first-order valence-electron chi connectivity index (χ1n) is 8.19. The molecule has 0 saturated carbocycles. The Hall–Kier alpha value is -2.69. The van der Waals surface area contributed by atoms with Crippen molar-refractivity contribution in [3.63, 3.8) is 0 Å². The summed E-state index contributed by atoms with van der Waals surface area (Å²) in [6.45, 7) is 3.68. The summed E-state index contributed by atoms with van der Waals surface area (Å²) in [5, 5.41) is 2.88. The summed E-state index contributed by atoms with van der Waals surface area (Å²) in [5.74, 6) is -0.221. The van der Waals surface area contributed by atoms with Crippen LogP contribution in [-0.2, 0) is 16.0 Å². The SMILES string of the molecule is Cc1ccncc1NC(=O)[C@@H](C)N1C(=O)CCCc2ccccc21. The maximum atomic E-state index is 12.7. The summed E-state index contributed by atoms with van der Waals surface area (Å²) >= 11 is 0. The van der Waals surface area contributed by atoms with Crippen molar-refractivity contribution >= 4 is 23.2 Å². The third kappa shape index (κ3) is 3.15. The molecule has 1 aliphatic rings. The number of benzene rings is 1. The quantitative estimate of drug-likeness (QED) is 0.944. The van der Waals surface area contributed by atoms with E-state index in [2.05, 4.69) is 10.3 Å². The van der Waals surface area contributed by atoms with E-state index in [1.807, 2.05) is 37.3 Å². The van der Waals surface area contributed by atoms with Gasteiger partial charge >= 0.3 is 0 Å². The highest BCUT2D eigenvalue weighted by molar-refractivity contribution is 6.05. The van der Waals surface area contributed by atoms with Gasteiger partial charge in [0.05, 0.1) is 11.9 Å². The zero-order valence-corrected chi connectivity index (χ0v) is 14.0. The number of fused-ring (bicyclic) bond motifs is 1. The van der Waals surface area contributed by atoms with Crippen molar-refractivity contribution in [1.29, 1.82) is 0 Å². The number of nitrogens with one attached hydrogen (secondary N) is 1. The van der Waals surface area contributed by atoms with Crippen LogP contribution in [-0.4, -0.2) is 22.8 Å². The molecular weight excluding hydrogens is 302 g/mol. The molecule has 3 rings (SSSR count). The zero-order valence-electron chi connectivity index (χ0n) is 14.0. The van der Waals surface area contributed by atoms with Crippen LogP contribution in [0.25, 0.3) is 0 Å². The lowest BCUT2D eigenvalue weighted by atomic mass is 10.1. The number of pyridine rings is 1. The number of carbonyl (C=O) groups is 2. The Kier molecular flexibility index (Phi) is 4.60. The fraction of sp³-hybridized carbons (Fsp3) is 0.316. The maximum Gasteiger partial charge on any atom is 0.247 e. The standard InChI is InChI=1S/C19H21N3O2/c1-13-10-11-20-12-16(13)21-19(24)14(2)22-17-8-4-3-6-15(17)7-5-9-18(22)23/h3-4,6,8,10-12,14H,5,7,9H2,1-2H3,(H,21,24)/t14-/m1/s1. The summed E-state index contributed by atoms with van der Waals surface area (Å²) in [4.78, 5) is 30.9. The van der Waals surface area contributed by atoms with E-state index in [-0.39, 0.29) is 11.8 Å². The van der Waals surface area contributed by atoms with Gasteiger partial charge < -0.3 is 5.32 Å². The molecule has 1 atom stereocenters. The number of rotatable bonds is 3. The van der Waals surface area contributed by atoms with Crippen molar-refractivity contribution in [2.75, 3.05) is 10.2 Å². The molecule has 5 nitrogen and oxygen atoms in total. The zero-order chi connectivity index (χ0) is 17.1. The van der Waals surface area contributed by atoms with Gasteiger partial charge in [0.15, 0.2) is 0 Å². The number of para-hydroxylation sites is 1. The number of aryl methyl sites for hydroxylation is 2. The van der Waals surface area contributed by atoms with Crippen LogP contribution in [0, 0.1) is 6.92 Å². The Morgan fingerprint density at radius 3 is 2.83 bits per heavy atom. The molecule has 1 aromatic carbocycles. The van der Waals surface area contributed by atoms with E-state index in [4.69, 9.17) is 0 Å². The van der Waals surface area contributed by atoms with Crippen molar-refractivity contribution in [3.05, 3.63) is 53.9 Å². The summed E-state index contributed by atoms with van der Waals surface area (Å²) < 4.78 is 0. The first-order chi connectivity index (χ1) is 11.6. The van der Waals surface area contributed by atoms with Gasteiger partial charge in [0.25, 0.3) is 0 Å². The molecule has 0 bridgehead atoms. The van der Waals surface area contributed by atoms with E-state index >= 15 is 0 Å². The smallest absolute Gasteiger partial charge is 0.247 e. The summed E-state index contributed by atoms with van der Waals surface area (Å²) in [7, 11) is 0. The van der Waals surface area contributed by atoms with Crippen molar-refractivity contribution in [2.24, 2.45) is 0 Å². The lowest BCUT2D eigenvalue weighted by Gasteiger charge is -2.29. The molecule has 0 unspecified atom stereocenters. The van der Waals surface area contributed by atoms with Crippen molar-refractivity contribution in [1.82, 2.24) is 4.98 Å². The van der Waals surface area contributed by atoms with Gasteiger partial charge in [-0.15, -0.1) is 0 Å². The third-order valence-corrected chi connectivity index (χ3v) is 4.42. The van der Waals surface area contributed by atoms with Gasteiger partial charge in [0, 0.05) is 18.3 Å². The largest absolute Gasteiger partial charge is 0.323 e. The normalized spacial score (nSPS) is 15.4. The van der Waals surface area contributed by atoms with E-state index < -0.39 is 6.04 Å². The molecule has 1 aromatic heterocycles. The van der Waals surface area contributed by atoms with Gasteiger partial charge in [-0.25, -0.2) is 0 Å². The fourth-order valence-electron chi connectivity index (χ4n) is 3.02. The third-order valence-electron chi connectivity index (χ3n) is 4.42. The maximum absolute atomic E-state index is 12.7. The molecule has 2 amide bonds. The predicted octanol–water partition coefficient (Wildman–Crippen LogP) is 3.09. The first-order valence-corrected chi connectivity index (χ1v) is 8.19. The highest BCUT2D eigenvalue weighted by Gasteiger charge is 2.30. The lowest BCUT2D eigenvalue weighted by molar-refractivity contribution is -0.123. The summed E-state index contributed by atoms with van der Waals surface area (Å²) in [6.07, 6.45) is 5.43. The molecule has 5 heteroatoms. The number of carbonyl (C=O) groups excluding carboxylic acids is 2. The molecule has 24 heavy (non-hydrogen) atoms. The number of amides is 2. The van der Waals surface area contributed by atoms with Crippen LogP contribution in [0.2, 0.25) is 0 Å². The highest BCUT2D eigenvalue weighted by Crippen LogP contribution is 2.29. The van der Waals surface area contributed by atoms with Crippen molar-refractivity contribution in [2.45, 2.75) is 39.2 Å². The van der Waals surface area contributed by atoms with Crippen LogP contribution in [0.5, 0.6) is 0 Å². The Morgan fingerprint density at radius 1 is 1.25 bits per heavy atom. The molecular formula is C19H21N3O2. The first kappa shape index (κ1) is 16.2. The van der Waals surface area contributed by atoms with E-state index in [1.165, 1.54) is 0 Å². The van der Waals surface area contributed by atoms with E-state index in [1.54, 1.807) is 24.2 Å². The van der Waals surface area contributed by atoms with Crippen molar-refractivity contribution in [3.8, 4) is 0 Å². The van der Waals surface area contributed by atoms with Crippen LogP contribution in [0.1, 0.15) is 30.9 Å². The fourth-order valence-corrected chi connectivity index (χ4v) is 3.02. The Labute approximate surface area is 141 Å². The molecule has 0 saturated heterocycles. The highest BCUT2D eigenvalue weighted by atomic mass is 16.2. The number of nitrogens with zero attached hydrogens (tertiary/aromatic N) is 2. The van der Waals surface area contributed by atoms with Gasteiger partial charge in [-0.1, -0.05) is 18.2 Å². The molecule has 0 spiro atoms. The van der Waals surface area contributed by atoms with Crippen LogP contribution < -0.4 is 10.2 Å². The Bertz CT molecular complexity index is 773. The Balaban J connectivity index is 1.88. The van der Waals surface area contributed by atoms with Gasteiger partial charge in [-0.3, -0.25) is 19.5 Å². The second-order valence-corrected chi connectivity index (χ2v) is 6.10. The number of anilines is 2. The summed E-state index contributed by atoms with van der Waals surface area (Å²) in [6, 6.07) is 9.06. The molecule has 0 radical (unpaired) electrons. The Morgan fingerprint density at radius 2 is 2.04 bits per heavy atom. The van der Waals surface area contributed by atoms with E-state index in [0.717, 1.165) is 29.7 Å². The second kappa shape index (κ2) is 6.83. The van der Waals surface area contributed by atoms with E-state index in [0.29, 0.717) is 12.1 Å². The average Bonchev–Trinajstić information content (AvgIpc) is 2.74. The number of aromatic nitrogens is 1. The van der Waals surface area contributed by atoms with Crippen LogP contribution in [0.4, 0.5) is 11.4 Å². The molecule has 2 heterocycles. The van der Waals surface area contributed by atoms with Gasteiger partial charge in [0.2, 0.25) is 11.8 Å². The van der Waals surface area contributed by atoms with Gasteiger partial charge in [-0.05, 0) is 49.9 Å². The molecule has 2 aromatic rings. The minimum Gasteiger partial charge on any atom is -0.323 e. The van der Waals surface area contributed by atoms with Gasteiger partial charge in [0.1, 0.15) is 6.04 Å².